The van der Waals surface area contributed by atoms with Crippen molar-refractivity contribution in [2.75, 3.05) is 19.8 Å². The van der Waals surface area contributed by atoms with Gasteiger partial charge < -0.3 is 14.7 Å². The molecular formula is C12H12Cl2N2O4. The normalized spacial score (nSPS) is 18.9. The van der Waals surface area contributed by atoms with Crippen molar-refractivity contribution in [2.45, 2.75) is 12.5 Å². The number of amides is 1. The summed E-state index contributed by atoms with van der Waals surface area (Å²) in [6, 6.07) is 2.43. The van der Waals surface area contributed by atoms with Crippen LogP contribution in [0.2, 0.25) is 10.2 Å². The van der Waals surface area contributed by atoms with Gasteiger partial charge in [0.2, 0.25) is 0 Å². The lowest BCUT2D eigenvalue weighted by atomic mass is 10.1. The number of hydrogen-bond donors (Lipinski definition) is 1. The van der Waals surface area contributed by atoms with Gasteiger partial charge in [0, 0.05) is 6.54 Å². The molecule has 2 rings (SSSR count). The Morgan fingerprint density at radius 1 is 1.45 bits per heavy atom. The molecule has 2 heterocycles. The van der Waals surface area contributed by atoms with Crippen molar-refractivity contribution in [3.8, 4) is 0 Å². The van der Waals surface area contributed by atoms with Crippen molar-refractivity contribution in [3.63, 3.8) is 0 Å². The Morgan fingerprint density at radius 3 is 2.90 bits per heavy atom. The molecule has 1 aliphatic heterocycles. The molecule has 8 heteroatoms. The summed E-state index contributed by atoms with van der Waals surface area (Å²) in [6.45, 7) is 0.817. The number of hydrogen-bond acceptors (Lipinski definition) is 4. The van der Waals surface area contributed by atoms with Crippen molar-refractivity contribution in [1.29, 1.82) is 0 Å². The van der Waals surface area contributed by atoms with Crippen LogP contribution in [-0.2, 0) is 9.53 Å². The molecular weight excluding hydrogens is 307 g/mol. The van der Waals surface area contributed by atoms with Crippen molar-refractivity contribution in [3.05, 3.63) is 28.0 Å². The molecule has 0 spiro atoms. The number of aromatic nitrogens is 1. The number of carbonyl (C=O) groups is 2. The predicted octanol–water partition coefficient (Wildman–Crippen LogP) is 1.70. The zero-order valence-corrected chi connectivity index (χ0v) is 11.9. The monoisotopic (exact) mass is 318 g/mol. The van der Waals surface area contributed by atoms with Gasteiger partial charge in [-0.2, -0.15) is 0 Å². The highest BCUT2D eigenvalue weighted by molar-refractivity contribution is 6.34. The number of morpholine rings is 1. The minimum atomic E-state index is -0.997. The van der Waals surface area contributed by atoms with Crippen LogP contribution in [0.4, 0.5) is 0 Å². The predicted molar refractivity (Wildman–Crippen MR) is 72.2 cm³/mol. The van der Waals surface area contributed by atoms with Gasteiger partial charge in [-0.15, -0.1) is 0 Å². The average Bonchev–Trinajstić information content (AvgIpc) is 2.41. The van der Waals surface area contributed by atoms with Crippen LogP contribution in [-0.4, -0.2) is 52.7 Å². The highest BCUT2D eigenvalue weighted by atomic mass is 35.5. The molecule has 1 atom stereocenters. The molecule has 0 saturated carbocycles. The van der Waals surface area contributed by atoms with Crippen molar-refractivity contribution in [1.82, 2.24) is 9.88 Å². The number of nitrogens with zero attached hydrogens (tertiary/aromatic N) is 2. The van der Waals surface area contributed by atoms with Crippen LogP contribution in [0.5, 0.6) is 0 Å². The fourth-order valence-electron chi connectivity index (χ4n) is 2.00. The minimum Gasteiger partial charge on any atom is -0.481 e. The molecule has 0 aromatic carbocycles. The van der Waals surface area contributed by atoms with E-state index in [9.17, 15) is 9.59 Å². The molecule has 0 radical (unpaired) electrons. The fourth-order valence-corrected chi connectivity index (χ4v) is 2.33. The van der Waals surface area contributed by atoms with Gasteiger partial charge in [-0.25, -0.2) is 4.98 Å². The first-order valence-corrected chi connectivity index (χ1v) is 6.67. The van der Waals surface area contributed by atoms with Crippen LogP contribution in [0.15, 0.2) is 12.1 Å². The Bertz CT molecular complexity index is 538. The first-order chi connectivity index (χ1) is 9.49. The molecule has 108 valence electrons. The zero-order valence-electron chi connectivity index (χ0n) is 10.4. The lowest BCUT2D eigenvalue weighted by Gasteiger charge is -2.34. The molecule has 1 unspecified atom stereocenters. The Morgan fingerprint density at radius 2 is 2.20 bits per heavy atom. The summed E-state index contributed by atoms with van der Waals surface area (Å²) in [7, 11) is 0. The van der Waals surface area contributed by atoms with Crippen LogP contribution in [0.1, 0.15) is 16.9 Å². The molecule has 1 aliphatic rings. The van der Waals surface area contributed by atoms with Crippen LogP contribution < -0.4 is 0 Å². The van der Waals surface area contributed by atoms with E-state index in [1.54, 1.807) is 0 Å². The molecule has 1 aromatic rings. The van der Waals surface area contributed by atoms with Gasteiger partial charge in [-0.1, -0.05) is 23.2 Å². The number of rotatable bonds is 3. The van der Waals surface area contributed by atoms with E-state index in [4.69, 9.17) is 33.0 Å². The summed E-state index contributed by atoms with van der Waals surface area (Å²) in [4.78, 5) is 28.6. The Kier molecular flexibility index (Phi) is 4.80. The third-order valence-electron chi connectivity index (χ3n) is 2.91. The smallest absolute Gasteiger partial charge is 0.305 e. The van der Waals surface area contributed by atoms with Crippen LogP contribution in [0, 0.1) is 0 Å². The summed E-state index contributed by atoms with van der Waals surface area (Å²) < 4.78 is 5.22. The quantitative estimate of drug-likeness (QED) is 0.858. The van der Waals surface area contributed by atoms with Crippen LogP contribution in [0.25, 0.3) is 0 Å². The lowest BCUT2D eigenvalue weighted by molar-refractivity contribution is -0.139. The SMILES string of the molecule is O=C(O)CC1COCCN1C(=O)c1nc(Cl)ccc1Cl. The van der Waals surface area contributed by atoms with E-state index in [0.29, 0.717) is 13.2 Å². The second-order valence-corrected chi connectivity index (χ2v) is 5.08. The number of ether oxygens (including phenoxy) is 1. The third kappa shape index (κ3) is 3.39. The summed E-state index contributed by atoms with van der Waals surface area (Å²) in [5.74, 6) is -1.43. The average molecular weight is 319 g/mol. The number of pyridine rings is 1. The third-order valence-corrected chi connectivity index (χ3v) is 3.43. The van der Waals surface area contributed by atoms with E-state index < -0.39 is 17.9 Å². The highest BCUT2D eigenvalue weighted by Gasteiger charge is 2.31. The van der Waals surface area contributed by atoms with Crippen molar-refractivity contribution < 1.29 is 19.4 Å². The maximum Gasteiger partial charge on any atom is 0.305 e. The summed E-state index contributed by atoms with van der Waals surface area (Å²) in [5.41, 5.74) is 0.0245. The summed E-state index contributed by atoms with van der Waals surface area (Å²) in [5, 5.41) is 9.21. The van der Waals surface area contributed by atoms with Gasteiger partial charge in [0.15, 0.2) is 0 Å². The first kappa shape index (κ1) is 15.0. The largest absolute Gasteiger partial charge is 0.481 e. The lowest BCUT2D eigenvalue weighted by Crippen LogP contribution is -2.49. The molecule has 1 fully saturated rings. The fraction of sp³-hybridized carbons (Fsp3) is 0.417. The zero-order chi connectivity index (χ0) is 14.7. The standard InChI is InChI=1S/C12H12Cl2N2O4/c13-8-1-2-9(14)15-11(8)12(19)16-3-4-20-6-7(16)5-10(17)18/h1-2,7H,3-6H2,(H,17,18). The molecule has 0 bridgehead atoms. The van der Waals surface area contributed by atoms with Gasteiger partial charge in [0.25, 0.3) is 5.91 Å². The number of carbonyl (C=O) groups excluding carboxylic acids is 1. The van der Waals surface area contributed by atoms with E-state index in [-0.39, 0.29) is 28.9 Å². The van der Waals surface area contributed by atoms with Crippen LogP contribution >= 0.6 is 23.2 Å². The maximum atomic E-state index is 12.4. The van der Waals surface area contributed by atoms with Gasteiger partial charge in [0.1, 0.15) is 10.8 Å². The first-order valence-electron chi connectivity index (χ1n) is 5.91. The van der Waals surface area contributed by atoms with Crippen molar-refractivity contribution >= 4 is 35.1 Å². The molecule has 6 nitrogen and oxygen atoms in total. The summed E-state index contributed by atoms with van der Waals surface area (Å²) >= 11 is 11.7. The second kappa shape index (κ2) is 6.39. The molecule has 20 heavy (non-hydrogen) atoms. The molecule has 1 aromatic heterocycles. The Balaban J connectivity index is 2.25. The minimum absolute atomic E-state index is 0.0245. The van der Waals surface area contributed by atoms with Gasteiger partial charge in [-0.05, 0) is 12.1 Å². The van der Waals surface area contributed by atoms with E-state index in [1.807, 2.05) is 0 Å². The van der Waals surface area contributed by atoms with E-state index in [0.717, 1.165) is 0 Å². The van der Waals surface area contributed by atoms with Gasteiger partial charge in [0.05, 0.1) is 30.7 Å². The number of halogens is 2. The van der Waals surface area contributed by atoms with Gasteiger partial charge >= 0.3 is 5.97 Å². The molecule has 1 saturated heterocycles. The number of aliphatic carboxylic acids is 1. The summed E-state index contributed by atoms with van der Waals surface area (Å²) in [6.07, 6.45) is -0.191. The highest BCUT2D eigenvalue weighted by Crippen LogP contribution is 2.21. The molecule has 1 N–H and O–H groups in total. The molecule has 0 aliphatic carbocycles. The second-order valence-electron chi connectivity index (χ2n) is 4.29. The van der Waals surface area contributed by atoms with Crippen LogP contribution in [0.3, 0.4) is 0 Å². The maximum absolute atomic E-state index is 12.4. The number of carboxylic acids is 1. The van der Waals surface area contributed by atoms with E-state index in [2.05, 4.69) is 4.98 Å². The van der Waals surface area contributed by atoms with E-state index in [1.165, 1.54) is 17.0 Å². The van der Waals surface area contributed by atoms with Gasteiger partial charge in [-0.3, -0.25) is 9.59 Å². The molecule has 1 amide bonds. The Hall–Kier alpha value is -1.37. The van der Waals surface area contributed by atoms with Crippen molar-refractivity contribution in [2.24, 2.45) is 0 Å². The topological polar surface area (TPSA) is 79.7 Å². The Labute approximate surface area is 125 Å². The van der Waals surface area contributed by atoms with E-state index >= 15 is 0 Å². The number of carboxylic acid groups (broad SMARTS) is 1.